The van der Waals surface area contributed by atoms with Crippen molar-refractivity contribution in [3.05, 3.63) is 66.2 Å². The Bertz CT molecular complexity index is 1050. The second-order valence-corrected chi connectivity index (χ2v) is 6.28. The highest BCUT2D eigenvalue weighted by atomic mass is 16.5. The van der Waals surface area contributed by atoms with Gasteiger partial charge < -0.3 is 10.1 Å². The van der Waals surface area contributed by atoms with Crippen molar-refractivity contribution in [3.63, 3.8) is 0 Å². The first-order valence-corrected chi connectivity index (χ1v) is 8.84. The molecule has 4 rings (SSSR count). The third kappa shape index (κ3) is 3.42. The summed E-state index contributed by atoms with van der Waals surface area (Å²) >= 11 is 0. The van der Waals surface area contributed by atoms with Crippen LogP contribution in [-0.2, 0) is 9.53 Å². The van der Waals surface area contributed by atoms with Gasteiger partial charge >= 0.3 is 12.0 Å². The number of nitrogens with zero attached hydrogens (tertiary/aromatic N) is 2. The predicted octanol–water partition coefficient (Wildman–Crippen LogP) is 2.61. The zero-order valence-corrected chi connectivity index (χ0v) is 14.9. The van der Waals surface area contributed by atoms with Crippen LogP contribution in [0.5, 0.6) is 0 Å². The van der Waals surface area contributed by atoms with Crippen LogP contribution in [0.1, 0.15) is 10.4 Å². The lowest BCUT2D eigenvalue weighted by molar-refractivity contribution is -0.125. The van der Waals surface area contributed by atoms with Crippen molar-refractivity contribution in [2.24, 2.45) is 0 Å². The number of para-hydroxylation sites is 1. The van der Waals surface area contributed by atoms with Gasteiger partial charge in [-0.05, 0) is 12.1 Å². The summed E-state index contributed by atoms with van der Waals surface area (Å²) in [7, 11) is 0. The fourth-order valence-electron chi connectivity index (χ4n) is 3.09. The van der Waals surface area contributed by atoms with Gasteiger partial charge in [0.05, 0.1) is 29.9 Å². The Morgan fingerprint density at radius 1 is 1.07 bits per heavy atom. The molecule has 0 spiro atoms. The number of ether oxygens (including phenoxy) is 1. The maximum Gasteiger partial charge on any atom is 0.338 e. The lowest BCUT2D eigenvalue weighted by Gasteiger charge is -2.13. The molecular formula is C21H17N3O4. The maximum atomic E-state index is 12.7. The van der Waals surface area contributed by atoms with Crippen LogP contribution in [0.3, 0.4) is 0 Å². The Morgan fingerprint density at radius 2 is 1.82 bits per heavy atom. The van der Waals surface area contributed by atoms with E-state index in [1.54, 1.807) is 6.07 Å². The van der Waals surface area contributed by atoms with Crippen molar-refractivity contribution in [2.75, 3.05) is 19.7 Å². The van der Waals surface area contributed by atoms with Crippen molar-refractivity contribution in [3.8, 4) is 11.3 Å². The summed E-state index contributed by atoms with van der Waals surface area (Å²) in [4.78, 5) is 41.6. The molecular weight excluding hydrogens is 358 g/mol. The van der Waals surface area contributed by atoms with Crippen LogP contribution < -0.4 is 5.32 Å². The van der Waals surface area contributed by atoms with Crippen molar-refractivity contribution in [1.82, 2.24) is 15.2 Å². The summed E-state index contributed by atoms with van der Waals surface area (Å²) in [6.45, 7) is -0.0809. The van der Waals surface area contributed by atoms with Gasteiger partial charge in [0, 0.05) is 10.9 Å². The highest BCUT2D eigenvalue weighted by Gasteiger charge is 2.28. The number of benzene rings is 2. The Balaban J connectivity index is 1.59. The number of urea groups is 1. The first kappa shape index (κ1) is 17.7. The molecule has 1 fully saturated rings. The Morgan fingerprint density at radius 3 is 2.57 bits per heavy atom. The number of pyridine rings is 1. The van der Waals surface area contributed by atoms with E-state index in [0.29, 0.717) is 22.2 Å². The molecule has 1 aliphatic rings. The fraction of sp³-hybridized carbons (Fsp3) is 0.143. The van der Waals surface area contributed by atoms with E-state index >= 15 is 0 Å². The van der Waals surface area contributed by atoms with Crippen molar-refractivity contribution in [2.45, 2.75) is 0 Å². The minimum absolute atomic E-state index is 0.0188. The predicted molar refractivity (Wildman–Crippen MR) is 103 cm³/mol. The fourth-order valence-corrected chi connectivity index (χ4v) is 3.09. The molecule has 140 valence electrons. The number of hydrogen-bond acceptors (Lipinski definition) is 5. The topological polar surface area (TPSA) is 88.6 Å². The van der Waals surface area contributed by atoms with Crippen LogP contribution in [0, 0.1) is 0 Å². The minimum atomic E-state index is -0.525. The summed E-state index contributed by atoms with van der Waals surface area (Å²) in [6, 6.07) is 18.1. The summed E-state index contributed by atoms with van der Waals surface area (Å²) in [6.07, 6.45) is 0. The van der Waals surface area contributed by atoms with Gasteiger partial charge in [0.25, 0.3) is 0 Å². The molecule has 7 nitrogen and oxygen atoms in total. The largest absolute Gasteiger partial charge is 0.460 e. The third-order valence-electron chi connectivity index (χ3n) is 4.49. The number of esters is 1. The summed E-state index contributed by atoms with van der Waals surface area (Å²) in [5, 5.41) is 3.11. The quantitative estimate of drug-likeness (QED) is 0.547. The van der Waals surface area contributed by atoms with Gasteiger partial charge in [0.1, 0.15) is 6.61 Å². The van der Waals surface area contributed by atoms with E-state index in [1.807, 2.05) is 54.6 Å². The molecule has 3 amide bonds. The number of hydrogen-bond donors (Lipinski definition) is 1. The highest BCUT2D eigenvalue weighted by molar-refractivity contribution is 6.05. The Hall–Kier alpha value is -3.74. The van der Waals surface area contributed by atoms with Crippen LogP contribution in [0.15, 0.2) is 60.7 Å². The molecule has 28 heavy (non-hydrogen) atoms. The zero-order valence-electron chi connectivity index (χ0n) is 14.9. The number of imide groups is 1. The molecule has 7 heteroatoms. The minimum Gasteiger partial charge on any atom is -0.460 e. The van der Waals surface area contributed by atoms with E-state index in [0.717, 1.165) is 10.5 Å². The Labute approximate surface area is 160 Å². The van der Waals surface area contributed by atoms with Crippen LogP contribution in [-0.4, -0.2) is 47.5 Å². The number of amides is 3. The lowest BCUT2D eigenvalue weighted by Crippen LogP contribution is -2.34. The molecule has 0 radical (unpaired) electrons. The van der Waals surface area contributed by atoms with E-state index in [9.17, 15) is 14.4 Å². The van der Waals surface area contributed by atoms with Gasteiger partial charge in [-0.15, -0.1) is 0 Å². The monoisotopic (exact) mass is 375 g/mol. The molecule has 1 aromatic heterocycles. The van der Waals surface area contributed by atoms with Crippen molar-refractivity contribution < 1.29 is 19.1 Å². The SMILES string of the molecule is O=C(OCCN1C(=O)CNC1=O)c1cc(-c2ccccc2)nc2ccccc12. The third-order valence-corrected chi connectivity index (χ3v) is 4.49. The molecule has 0 atom stereocenters. The van der Waals surface area contributed by atoms with Crippen molar-refractivity contribution in [1.29, 1.82) is 0 Å². The average molecular weight is 375 g/mol. The van der Waals surface area contributed by atoms with Gasteiger partial charge in [0.2, 0.25) is 5.91 Å². The molecule has 3 aromatic rings. The summed E-state index contributed by atoms with van der Waals surface area (Å²) in [5.74, 6) is -0.857. The van der Waals surface area contributed by atoms with Crippen LogP contribution in [0.2, 0.25) is 0 Å². The molecule has 0 aliphatic carbocycles. The van der Waals surface area contributed by atoms with Gasteiger partial charge in [-0.1, -0.05) is 48.5 Å². The molecule has 2 aromatic carbocycles. The first-order chi connectivity index (χ1) is 13.6. The van der Waals surface area contributed by atoms with Crippen molar-refractivity contribution >= 4 is 28.8 Å². The van der Waals surface area contributed by atoms with Gasteiger partial charge in [0.15, 0.2) is 0 Å². The summed E-state index contributed by atoms with van der Waals surface area (Å²) < 4.78 is 5.35. The molecule has 0 unspecified atom stereocenters. The number of fused-ring (bicyclic) bond motifs is 1. The Kier molecular flexibility index (Phi) is 4.72. The molecule has 1 aliphatic heterocycles. The van der Waals surface area contributed by atoms with Crippen LogP contribution in [0.25, 0.3) is 22.2 Å². The smallest absolute Gasteiger partial charge is 0.338 e. The highest BCUT2D eigenvalue weighted by Crippen LogP contribution is 2.25. The normalized spacial score (nSPS) is 13.6. The lowest BCUT2D eigenvalue weighted by atomic mass is 10.0. The first-order valence-electron chi connectivity index (χ1n) is 8.84. The molecule has 0 bridgehead atoms. The van der Waals surface area contributed by atoms with Gasteiger partial charge in [-0.3, -0.25) is 9.69 Å². The van der Waals surface area contributed by atoms with E-state index in [4.69, 9.17) is 4.74 Å². The van der Waals surface area contributed by atoms with E-state index in [2.05, 4.69) is 10.3 Å². The van der Waals surface area contributed by atoms with E-state index in [1.165, 1.54) is 0 Å². The number of carbonyl (C=O) groups excluding carboxylic acids is 3. The summed E-state index contributed by atoms with van der Waals surface area (Å²) in [5.41, 5.74) is 2.63. The number of carbonyl (C=O) groups is 3. The van der Waals surface area contributed by atoms with Gasteiger partial charge in [-0.2, -0.15) is 0 Å². The number of aromatic nitrogens is 1. The molecule has 0 saturated carbocycles. The molecule has 1 saturated heterocycles. The molecule has 2 heterocycles. The standard InChI is InChI=1S/C21H17N3O4/c25-19-13-22-21(27)24(19)10-11-28-20(26)16-12-18(14-6-2-1-3-7-14)23-17-9-5-4-8-15(16)17/h1-9,12H,10-11,13H2,(H,22,27). The van der Waals surface area contributed by atoms with Crippen LogP contribution >= 0.6 is 0 Å². The molecule has 1 N–H and O–H groups in total. The van der Waals surface area contributed by atoms with E-state index in [-0.39, 0.29) is 25.6 Å². The zero-order chi connectivity index (χ0) is 19.5. The second-order valence-electron chi connectivity index (χ2n) is 6.28. The average Bonchev–Trinajstić information content (AvgIpc) is 3.05. The van der Waals surface area contributed by atoms with Gasteiger partial charge in [-0.25, -0.2) is 14.6 Å². The number of rotatable bonds is 5. The van der Waals surface area contributed by atoms with E-state index < -0.39 is 12.0 Å². The number of nitrogens with one attached hydrogen (secondary N) is 1. The van der Waals surface area contributed by atoms with Crippen LogP contribution in [0.4, 0.5) is 4.79 Å². The maximum absolute atomic E-state index is 12.7. The second kappa shape index (κ2) is 7.48.